The number of nitrogens with zero attached hydrogens (tertiary/aromatic N) is 2. The third-order valence-corrected chi connectivity index (χ3v) is 2.57. The summed E-state index contributed by atoms with van der Waals surface area (Å²) >= 11 is 0. The van der Waals surface area contributed by atoms with Crippen molar-refractivity contribution in [2.45, 2.75) is 0 Å². The van der Waals surface area contributed by atoms with Gasteiger partial charge in [-0.25, -0.2) is 22.0 Å². The quantitative estimate of drug-likeness (QED) is 0.473. The second kappa shape index (κ2) is 4.83. The maximum atomic E-state index is 13.6. The van der Waals surface area contributed by atoms with E-state index in [0.717, 1.165) is 4.90 Å². The van der Waals surface area contributed by atoms with Crippen LogP contribution in [0.2, 0.25) is 0 Å². The van der Waals surface area contributed by atoms with Gasteiger partial charge in [-0.05, 0) is 12.1 Å². The molecule has 0 saturated carbocycles. The van der Waals surface area contributed by atoms with Gasteiger partial charge in [-0.15, -0.1) is 0 Å². The highest BCUT2D eigenvalue weighted by Crippen LogP contribution is 2.33. The number of pyridine rings is 1. The largest absolute Gasteiger partial charge is 0.340 e. The molecular weight excluding hydrogens is 267 g/mol. The summed E-state index contributed by atoms with van der Waals surface area (Å²) < 4.78 is 66.2. The standard InChI is InChI=1S/C12H7F5N2/c1-19(6-2-4-18-5-3-6)12-10(16)8(14)7(13)9(15)11(12)17/h2-5H,1H3. The monoisotopic (exact) mass is 274 g/mol. The third-order valence-electron chi connectivity index (χ3n) is 2.57. The predicted molar refractivity (Wildman–Crippen MR) is 58.5 cm³/mol. The summed E-state index contributed by atoms with van der Waals surface area (Å²) in [6.45, 7) is 0. The SMILES string of the molecule is CN(c1ccncc1)c1c(F)c(F)c(F)c(F)c1F. The molecule has 1 aromatic carbocycles. The summed E-state index contributed by atoms with van der Waals surface area (Å²) in [5.74, 6) is -9.89. The van der Waals surface area contributed by atoms with Gasteiger partial charge in [0.25, 0.3) is 0 Å². The Hall–Kier alpha value is -2.18. The fraction of sp³-hybridized carbons (Fsp3) is 0.0833. The molecule has 0 bridgehead atoms. The van der Waals surface area contributed by atoms with Crippen molar-refractivity contribution in [3.05, 3.63) is 53.6 Å². The molecule has 19 heavy (non-hydrogen) atoms. The highest BCUT2D eigenvalue weighted by Gasteiger charge is 2.28. The summed E-state index contributed by atoms with van der Waals surface area (Å²) in [7, 11) is 1.19. The predicted octanol–water partition coefficient (Wildman–Crippen LogP) is 3.55. The average molecular weight is 274 g/mol. The van der Waals surface area contributed by atoms with Gasteiger partial charge >= 0.3 is 0 Å². The first-order valence-corrected chi connectivity index (χ1v) is 5.10. The lowest BCUT2D eigenvalue weighted by atomic mass is 10.2. The van der Waals surface area contributed by atoms with Gasteiger partial charge in [0.2, 0.25) is 5.82 Å². The smallest absolute Gasteiger partial charge is 0.200 e. The lowest BCUT2D eigenvalue weighted by Crippen LogP contribution is -2.16. The van der Waals surface area contributed by atoms with Crippen LogP contribution in [0, 0.1) is 29.1 Å². The Kier molecular flexibility index (Phi) is 3.37. The van der Waals surface area contributed by atoms with Crippen LogP contribution >= 0.6 is 0 Å². The fourth-order valence-corrected chi connectivity index (χ4v) is 1.58. The Morgan fingerprint density at radius 1 is 0.789 bits per heavy atom. The summed E-state index contributed by atoms with van der Waals surface area (Å²) in [6.07, 6.45) is 2.66. The van der Waals surface area contributed by atoms with E-state index in [1.807, 2.05) is 0 Å². The van der Waals surface area contributed by atoms with E-state index in [9.17, 15) is 22.0 Å². The van der Waals surface area contributed by atoms with Crippen LogP contribution in [0.3, 0.4) is 0 Å². The molecule has 0 N–H and O–H groups in total. The number of anilines is 2. The molecule has 1 heterocycles. The van der Waals surface area contributed by atoms with E-state index in [2.05, 4.69) is 4.98 Å². The Morgan fingerprint density at radius 3 is 1.68 bits per heavy atom. The maximum Gasteiger partial charge on any atom is 0.200 e. The molecule has 0 spiro atoms. The highest BCUT2D eigenvalue weighted by atomic mass is 19.2. The summed E-state index contributed by atoms with van der Waals surface area (Å²) in [4.78, 5) is 4.55. The molecular formula is C12H7F5N2. The fourth-order valence-electron chi connectivity index (χ4n) is 1.58. The van der Waals surface area contributed by atoms with E-state index in [0.29, 0.717) is 0 Å². The second-order valence-corrected chi connectivity index (χ2v) is 3.68. The van der Waals surface area contributed by atoms with Crippen molar-refractivity contribution in [2.75, 3.05) is 11.9 Å². The van der Waals surface area contributed by atoms with Gasteiger partial charge in [0.05, 0.1) is 0 Å². The third kappa shape index (κ3) is 2.11. The average Bonchev–Trinajstić information content (AvgIpc) is 2.44. The van der Waals surface area contributed by atoms with Gasteiger partial charge < -0.3 is 4.90 Å². The van der Waals surface area contributed by atoms with E-state index in [-0.39, 0.29) is 5.69 Å². The Morgan fingerprint density at radius 2 is 1.21 bits per heavy atom. The number of benzene rings is 1. The van der Waals surface area contributed by atoms with Crippen LogP contribution in [-0.2, 0) is 0 Å². The van der Waals surface area contributed by atoms with Gasteiger partial charge in [0, 0.05) is 25.1 Å². The molecule has 0 unspecified atom stereocenters. The van der Waals surface area contributed by atoms with E-state index in [4.69, 9.17) is 0 Å². The van der Waals surface area contributed by atoms with Crippen molar-refractivity contribution < 1.29 is 22.0 Å². The highest BCUT2D eigenvalue weighted by molar-refractivity contribution is 5.63. The second-order valence-electron chi connectivity index (χ2n) is 3.68. The van der Waals surface area contributed by atoms with Crippen LogP contribution < -0.4 is 4.90 Å². The first-order chi connectivity index (χ1) is 8.95. The van der Waals surface area contributed by atoms with Crippen LogP contribution in [0.25, 0.3) is 0 Å². The number of aromatic nitrogens is 1. The molecule has 2 nitrogen and oxygen atoms in total. The molecule has 2 aromatic rings. The van der Waals surface area contributed by atoms with E-state index >= 15 is 0 Å². The van der Waals surface area contributed by atoms with Crippen molar-refractivity contribution in [1.82, 2.24) is 4.98 Å². The molecule has 0 atom stereocenters. The zero-order chi connectivity index (χ0) is 14.2. The molecule has 0 fully saturated rings. The molecule has 100 valence electrons. The van der Waals surface area contributed by atoms with Crippen molar-refractivity contribution in [2.24, 2.45) is 0 Å². The van der Waals surface area contributed by atoms with Crippen molar-refractivity contribution in [3.8, 4) is 0 Å². The summed E-state index contributed by atoms with van der Waals surface area (Å²) in [6, 6.07) is 2.75. The number of hydrogen-bond acceptors (Lipinski definition) is 2. The van der Waals surface area contributed by atoms with E-state index < -0.39 is 34.8 Å². The van der Waals surface area contributed by atoms with Gasteiger partial charge in [0.15, 0.2) is 23.3 Å². The number of rotatable bonds is 2. The lowest BCUT2D eigenvalue weighted by Gasteiger charge is -2.21. The van der Waals surface area contributed by atoms with Crippen LogP contribution in [0.15, 0.2) is 24.5 Å². The van der Waals surface area contributed by atoms with Gasteiger partial charge in [0.1, 0.15) is 5.69 Å². The molecule has 0 aliphatic heterocycles. The van der Waals surface area contributed by atoms with Gasteiger partial charge in [-0.1, -0.05) is 0 Å². The topological polar surface area (TPSA) is 16.1 Å². The first kappa shape index (κ1) is 13.3. The van der Waals surface area contributed by atoms with E-state index in [1.54, 1.807) is 0 Å². The molecule has 7 heteroatoms. The van der Waals surface area contributed by atoms with Gasteiger partial charge in [-0.2, -0.15) is 0 Å². The minimum atomic E-state index is -2.18. The van der Waals surface area contributed by atoms with E-state index in [1.165, 1.54) is 31.6 Å². The van der Waals surface area contributed by atoms with Crippen LogP contribution in [0.5, 0.6) is 0 Å². The number of halogens is 5. The lowest BCUT2D eigenvalue weighted by molar-refractivity contribution is 0.380. The first-order valence-electron chi connectivity index (χ1n) is 5.10. The van der Waals surface area contributed by atoms with Gasteiger partial charge in [-0.3, -0.25) is 4.98 Å². The Balaban J connectivity index is 2.64. The summed E-state index contributed by atoms with van der Waals surface area (Å²) in [5, 5.41) is 0. The molecule has 0 saturated heterocycles. The zero-order valence-electron chi connectivity index (χ0n) is 9.59. The van der Waals surface area contributed by atoms with Crippen LogP contribution in [0.1, 0.15) is 0 Å². The molecule has 0 amide bonds. The normalized spacial score (nSPS) is 10.6. The molecule has 0 radical (unpaired) electrons. The summed E-state index contributed by atoms with van der Waals surface area (Å²) in [5.41, 5.74) is -0.777. The van der Waals surface area contributed by atoms with Crippen LogP contribution in [-0.4, -0.2) is 12.0 Å². The van der Waals surface area contributed by atoms with Crippen LogP contribution in [0.4, 0.5) is 33.3 Å². The minimum Gasteiger partial charge on any atom is -0.340 e. The number of hydrogen-bond donors (Lipinski definition) is 0. The molecule has 0 aliphatic rings. The van der Waals surface area contributed by atoms with Crippen molar-refractivity contribution >= 4 is 11.4 Å². The molecule has 1 aromatic heterocycles. The van der Waals surface area contributed by atoms with Crippen molar-refractivity contribution in [1.29, 1.82) is 0 Å². The van der Waals surface area contributed by atoms with Crippen molar-refractivity contribution in [3.63, 3.8) is 0 Å². The minimum absolute atomic E-state index is 0.234. The molecule has 2 rings (SSSR count). The Labute approximate surface area is 105 Å². The molecule has 0 aliphatic carbocycles. The Bertz CT molecular complexity index is 586. The zero-order valence-corrected chi connectivity index (χ0v) is 9.59. The maximum absolute atomic E-state index is 13.6.